The Kier molecular flexibility index (Phi) is 3.66. The maximum atomic E-state index is 12.9. The van der Waals surface area contributed by atoms with Crippen molar-refractivity contribution in [2.75, 3.05) is 0 Å². The third-order valence-electron chi connectivity index (χ3n) is 2.45. The summed E-state index contributed by atoms with van der Waals surface area (Å²) in [5, 5.41) is 4.00. The van der Waals surface area contributed by atoms with Gasteiger partial charge in [-0.25, -0.2) is 14.1 Å². The van der Waals surface area contributed by atoms with Crippen LogP contribution < -0.4 is 4.74 Å². The molecule has 0 aliphatic heterocycles. The van der Waals surface area contributed by atoms with Gasteiger partial charge in [-0.2, -0.15) is 5.10 Å². The summed E-state index contributed by atoms with van der Waals surface area (Å²) in [6.45, 7) is 2.80. The zero-order valence-corrected chi connectivity index (χ0v) is 9.84. The number of aldehydes is 1. The molecule has 0 radical (unpaired) electrons. The van der Waals surface area contributed by atoms with Crippen molar-refractivity contribution >= 4 is 6.29 Å². The summed E-state index contributed by atoms with van der Waals surface area (Å²) in [5.74, 6) is 0.511. The molecule has 2 rings (SSSR count). The summed E-state index contributed by atoms with van der Waals surface area (Å²) in [4.78, 5) is 14.8. The van der Waals surface area contributed by atoms with Gasteiger partial charge in [-0.1, -0.05) is 0 Å². The van der Waals surface area contributed by atoms with Gasteiger partial charge < -0.3 is 4.74 Å². The van der Waals surface area contributed by atoms with Gasteiger partial charge in [-0.05, 0) is 25.1 Å². The lowest BCUT2D eigenvalue weighted by Crippen LogP contribution is -2.08. The van der Waals surface area contributed by atoms with Crippen LogP contribution in [0.3, 0.4) is 0 Å². The third kappa shape index (κ3) is 2.53. The first-order valence-corrected chi connectivity index (χ1v) is 5.48. The molecule has 1 heterocycles. The fraction of sp³-hybridized carbons (Fsp3) is 0.250. The molecule has 18 heavy (non-hydrogen) atoms. The number of carbonyl (C=O) groups is 1. The summed E-state index contributed by atoms with van der Waals surface area (Å²) in [6, 6.07) is 3.80. The van der Waals surface area contributed by atoms with Crippen LogP contribution in [0, 0.1) is 5.82 Å². The Labute approximate surface area is 103 Å². The van der Waals surface area contributed by atoms with E-state index in [0.29, 0.717) is 24.4 Å². The fourth-order valence-corrected chi connectivity index (χ4v) is 1.55. The number of nitrogens with zero attached hydrogens (tertiary/aromatic N) is 3. The van der Waals surface area contributed by atoms with E-state index in [1.54, 1.807) is 4.68 Å². The Hall–Kier alpha value is -2.24. The van der Waals surface area contributed by atoms with Crippen molar-refractivity contribution in [1.82, 2.24) is 14.8 Å². The highest BCUT2D eigenvalue weighted by molar-refractivity contribution is 5.79. The van der Waals surface area contributed by atoms with E-state index in [4.69, 9.17) is 4.74 Å². The van der Waals surface area contributed by atoms with E-state index < -0.39 is 5.82 Å². The summed E-state index contributed by atoms with van der Waals surface area (Å²) in [7, 11) is 0. The molecule has 5 nitrogen and oxygen atoms in total. The first-order valence-electron chi connectivity index (χ1n) is 5.48. The molecule has 6 heteroatoms. The first-order chi connectivity index (χ1) is 8.74. The van der Waals surface area contributed by atoms with E-state index in [0.717, 1.165) is 6.07 Å². The van der Waals surface area contributed by atoms with E-state index >= 15 is 0 Å². The number of halogens is 1. The van der Waals surface area contributed by atoms with E-state index in [2.05, 4.69) is 10.1 Å². The normalized spacial score (nSPS) is 10.3. The zero-order chi connectivity index (χ0) is 13.0. The lowest BCUT2D eigenvalue weighted by atomic mass is 10.2. The van der Waals surface area contributed by atoms with Gasteiger partial charge in [0, 0.05) is 6.54 Å². The van der Waals surface area contributed by atoms with E-state index in [9.17, 15) is 9.18 Å². The van der Waals surface area contributed by atoms with Gasteiger partial charge in [0.15, 0.2) is 12.1 Å². The monoisotopic (exact) mass is 249 g/mol. The van der Waals surface area contributed by atoms with Gasteiger partial charge in [0.1, 0.15) is 24.5 Å². The number of aromatic nitrogens is 3. The quantitative estimate of drug-likeness (QED) is 0.758. The van der Waals surface area contributed by atoms with Crippen LogP contribution in [-0.4, -0.2) is 21.1 Å². The largest absolute Gasteiger partial charge is 0.485 e. The minimum absolute atomic E-state index is 0.178. The topological polar surface area (TPSA) is 57.0 Å². The fourth-order valence-electron chi connectivity index (χ4n) is 1.55. The molecule has 0 bridgehead atoms. The van der Waals surface area contributed by atoms with E-state index in [-0.39, 0.29) is 12.2 Å². The summed E-state index contributed by atoms with van der Waals surface area (Å²) in [6.07, 6.45) is 2.00. The smallest absolute Gasteiger partial charge is 0.164 e. The van der Waals surface area contributed by atoms with Crippen LogP contribution in [0.25, 0.3) is 0 Å². The minimum Gasteiger partial charge on any atom is -0.485 e. The van der Waals surface area contributed by atoms with Gasteiger partial charge in [0.25, 0.3) is 0 Å². The lowest BCUT2D eigenvalue weighted by Gasteiger charge is -2.08. The molecule has 0 atom stereocenters. The van der Waals surface area contributed by atoms with Crippen LogP contribution in [0.4, 0.5) is 4.39 Å². The molecule has 1 aromatic carbocycles. The van der Waals surface area contributed by atoms with Crippen molar-refractivity contribution in [3.8, 4) is 5.75 Å². The minimum atomic E-state index is -0.471. The lowest BCUT2D eigenvalue weighted by molar-refractivity contribution is 0.111. The number of ether oxygens (including phenoxy) is 1. The van der Waals surface area contributed by atoms with Crippen molar-refractivity contribution in [3.05, 3.63) is 41.7 Å². The molecule has 0 saturated carbocycles. The molecular formula is C12H12FN3O2. The summed E-state index contributed by atoms with van der Waals surface area (Å²) < 4.78 is 20.1. The molecule has 0 unspecified atom stereocenters. The average Bonchev–Trinajstić information content (AvgIpc) is 2.84. The number of aryl methyl sites for hydroxylation is 1. The van der Waals surface area contributed by atoms with Crippen LogP contribution in [-0.2, 0) is 13.2 Å². The van der Waals surface area contributed by atoms with Crippen LogP contribution in [0.5, 0.6) is 5.75 Å². The Morgan fingerprint density at radius 1 is 1.50 bits per heavy atom. The first kappa shape index (κ1) is 12.2. The number of hydrogen-bond donors (Lipinski definition) is 0. The molecule has 0 fully saturated rings. The second-order valence-corrected chi connectivity index (χ2v) is 3.58. The number of carbonyl (C=O) groups excluding carboxylic acids is 1. The van der Waals surface area contributed by atoms with E-state index in [1.807, 2.05) is 6.92 Å². The van der Waals surface area contributed by atoms with E-state index in [1.165, 1.54) is 18.5 Å². The second-order valence-electron chi connectivity index (χ2n) is 3.58. The molecule has 2 aromatic rings. The standard InChI is InChI=1S/C12H12FN3O2/c1-2-16-12(14-8-15-16)7-18-11-4-3-10(13)5-9(11)6-17/h3-6,8H,2,7H2,1H3. The van der Waals surface area contributed by atoms with Gasteiger partial charge >= 0.3 is 0 Å². The van der Waals surface area contributed by atoms with Crippen molar-refractivity contribution in [1.29, 1.82) is 0 Å². The molecule has 1 aromatic heterocycles. The predicted octanol–water partition coefficient (Wildman–Crippen LogP) is 1.83. The zero-order valence-electron chi connectivity index (χ0n) is 9.84. The Morgan fingerprint density at radius 3 is 3.06 bits per heavy atom. The Balaban J connectivity index is 2.13. The van der Waals surface area contributed by atoms with Crippen LogP contribution >= 0.6 is 0 Å². The molecule has 0 spiro atoms. The number of benzene rings is 1. The summed E-state index contributed by atoms with van der Waals surface area (Å²) in [5.41, 5.74) is 0.178. The van der Waals surface area contributed by atoms with Gasteiger partial charge in [0.2, 0.25) is 0 Å². The highest BCUT2D eigenvalue weighted by Crippen LogP contribution is 2.18. The molecule has 0 N–H and O–H groups in total. The highest BCUT2D eigenvalue weighted by atomic mass is 19.1. The highest BCUT2D eigenvalue weighted by Gasteiger charge is 2.07. The SMILES string of the molecule is CCn1ncnc1COc1ccc(F)cc1C=O. The van der Waals surface area contributed by atoms with Crippen molar-refractivity contribution in [3.63, 3.8) is 0 Å². The van der Waals surface area contributed by atoms with Gasteiger partial charge in [0.05, 0.1) is 5.56 Å². The van der Waals surface area contributed by atoms with Gasteiger partial charge in [-0.15, -0.1) is 0 Å². The number of hydrogen-bond acceptors (Lipinski definition) is 4. The third-order valence-corrected chi connectivity index (χ3v) is 2.45. The van der Waals surface area contributed by atoms with Crippen molar-refractivity contribution in [2.24, 2.45) is 0 Å². The van der Waals surface area contributed by atoms with Crippen LogP contribution in [0.2, 0.25) is 0 Å². The average molecular weight is 249 g/mol. The molecule has 0 amide bonds. The van der Waals surface area contributed by atoms with Crippen molar-refractivity contribution in [2.45, 2.75) is 20.1 Å². The molecular weight excluding hydrogens is 237 g/mol. The predicted molar refractivity (Wildman–Crippen MR) is 61.8 cm³/mol. The molecule has 94 valence electrons. The second kappa shape index (κ2) is 5.39. The number of rotatable bonds is 5. The van der Waals surface area contributed by atoms with Gasteiger partial charge in [-0.3, -0.25) is 4.79 Å². The molecule has 0 saturated heterocycles. The Morgan fingerprint density at radius 2 is 2.33 bits per heavy atom. The maximum Gasteiger partial charge on any atom is 0.164 e. The summed E-state index contributed by atoms with van der Waals surface area (Å²) >= 11 is 0. The van der Waals surface area contributed by atoms with Crippen molar-refractivity contribution < 1.29 is 13.9 Å². The molecule has 0 aliphatic rings. The maximum absolute atomic E-state index is 12.9. The van der Waals surface area contributed by atoms with Crippen LogP contribution in [0.1, 0.15) is 23.1 Å². The Bertz CT molecular complexity index is 554. The van der Waals surface area contributed by atoms with Crippen LogP contribution in [0.15, 0.2) is 24.5 Å². The molecule has 0 aliphatic carbocycles.